The molecule has 0 bridgehead atoms. The molecule has 1 atom stereocenters. The number of anilines is 1. The van der Waals surface area contributed by atoms with Gasteiger partial charge in [0.1, 0.15) is 5.82 Å². The summed E-state index contributed by atoms with van der Waals surface area (Å²) in [6, 6.07) is 14.7. The summed E-state index contributed by atoms with van der Waals surface area (Å²) in [6.45, 7) is 1.05. The number of hydrogen-bond acceptors (Lipinski definition) is 3. The summed E-state index contributed by atoms with van der Waals surface area (Å²) in [4.78, 5) is 1.99. The molecule has 0 amide bonds. The maximum Gasteiger partial charge on any atom is 0.125 e. The topological polar surface area (TPSA) is 38.5 Å². The number of benzene rings is 2. The number of nitrogens with two attached hydrogens (primary N) is 1. The largest absolute Gasteiger partial charge is 0.380 e. The van der Waals surface area contributed by atoms with E-state index in [2.05, 4.69) is 0 Å². The van der Waals surface area contributed by atoms with Crippen LogP contribution in [-0.4, -0.2) is 20.7 Å². The van der Waals surface area contributed by atoms with Crippen molar-refractivity contribution in [3.8, 4) is 0 Å². The van der Waals surface area contributed by atoms with Crippen LogP contribution in [0.25, 0.3) is 0 Å². The third-order valence-corrected chi connectivity index (χ3v) is 3.58. The molecule has 2 aromatic carbocycles. The monoisotopic (exact) mass is 288 g/mol. The summed E-state index contributed by atoms with van der Waals surface area (Å²) >= 11 is 0. The normalized spacial score (nSPS) is 12.2. The Morgan fingerprint density at radius 1 is 1.19 bits per heavy atom. The van der Waals surface area contributed by atoms with Crippen LogP contribution in [0, 0.1) is 5.82 Å². The van der Waals surface area contributed by atoms with Gasteiger partial charge < -0.3 is 15.4 Å². The second-order valence-electron chi connectivity index (χ2n) is 5.02. The molecular formula is C17H21FN2O. The maximum atomic E-state index is 13.4. The Labute approximate surface area is 125 Å². The molecule has 0 fully saturated rings. The summed E-state index contributed by atoms with van der Waals surface area (Å²) < 4.78 is 18.5. The lowest BCUT2D eigenvalue weighted by molar-refractivity contribution is 0.185. The third kappa shape index (κ3) is 3.80. The number of nitrogens with zero attached hydrogens (tertiary/aromatic N) is 1. The smallest absolute Gasteiger partial charge is 0.125 e. The van der Waals surface area contributed by atoms with Gasteiger partial charge in [-0.3, -0.25) is 0 Å². The molecule has 0 radical (unpaired) electrons. The molecule has 0 aliphatic rings. The molecule has 2 rings (SSSR count). The number of rotatable bonds is 6. The van der Waals surface area contributed by atoms with E-state index in [9.17, 15) is 4.39 Å². The van der Waals surface area contributed by atoms with Gasteiger partial charge in [0.05, 0.1) is 12.6 Å². The zero-order valence-corrected chi connectivity index (χ0v) is 12.4. The van der Waals surface area contributed by atoms with E-state index in [1.54, 1.807) is 13.2 Å². The van der Waals surface area contributed by atoms with E-state index in [1.165, 1.54) is 12.1 Å². The zero-order chi connectivity index (χ0) is 15.2. The lowest BCUT2D eigenvalue weighted by atomic mass is 10.0. The van der Waals surface area contributed by atoms with Crippen LogP contribution in [0.4, 0.5) is 10.1 Å². The number of methoxy groups -OCH3 is 1. The van der Waals surface area contributed by atoms with Crippen molar-refractivity contribution < 1.29 is 9.13 Å². The summed E-state index contributed by atoms with van der Waals surface area (Å²) in [6.07, 6.45) is 0. The minimum absolute atomic E-state index is 0.00314. The summed E-state index contributed by atoms with van der Waals surface area (Å²) in [5, 5.41) is 0. The summed E-state index contributed by atoms with van der Waals surface area (Å²) in [5.41, 5.74) is 8.95. The van der Waals surface area contributed by atoms with Crippen molar-refractivity contribution in [2.75, 3.05) is 25.6 Å². The highest BCUT2D eigenvalue weighted by molar-refractivity contribution is 5.48. The Morgan fingerprint density at radius 3 is 2.48 bits per heavy atom. The van der Waals surface area contributed by atoms with Crippen LogP contribution in [-0.2, 0) is 11.3 Å². The number of hydrogen-bond donors (Lipinski definition) is 1. The van der Waals surface area contributed by atoms with Crippen molar-refractivity contribution in [3.05, 3.63) is 65.5 Å². The highest BCUT2D eigenvalue weighted by Gasteiger charge is 2.16. The average molecular weight is 288 g/mol. The molecular weight excluding hydrogens is 267 g/mol. The molecule has 112 valence electrons. The Balaban J connectivity index is 2.22. The molecule has 4 heteroatoms. The minimum atomic E-state index is -0.245. The van der Waals surface area contributed by atoms with Gasteiger partial charge in [-0.1, -0.05) is 30.3 Å². The van der Waals surface area contributed by atoms with Crippen LogP contribution in [0.5, 0.6) is 0 Å². The first kappa shape index (κ1) is 15.5. The number of halogens is 1. The van der Waals surface area contributed by atoms with E-state index in [-0.39, 0.29) is 11.9 Å². The van der Waals surface area contributed by atoms with Gasteiger partial charge in [-0.2, -0.15) is 0 Å². The van der Waals surface area contributed by atoms with Crippen molar-refractivity contribution in [1.82, 2.24) is 0 Å². The quantitative estimate of drug-likeness (QED) is 0.887. The Hall–Kier alpha value is -1.91. The van der Waals surface area contributed by atoms with E-state index < -0.39 is 0 Å². The first-order valence-corrected chi connectivity index (χ1v) is 6.92. The van der Waals surface area contributed by atoms with Gasteiger partial charge in [-0.25, -0.2) is 4.39 Å². The molecule has 0 saturated carbocycles. The van der Waals surface area contributed by atoms with Crippen LogP contribution >= 0.6 is 0 Å². The Morgan fingerprint density at radius 2 is 1.90 bits per heavy atom. The molecule has 1 unspecified atom stereocenters. The third-order valence-electron chi connectivity index (χ3n) is 3.58. The molecule has 0 aliphatic heterocycles. The zero-order valence-electron chi connectivity index (χ0n) is 12.4. The lowest BCUT2D eigenvalue weighted by Gasteiger charge is -2.29. The second-order valence-corrected chi connectivity index (χ2v) is 5.02. The fraction of sp³-hybridized carbons (Fsp3) is 0.294. The van der Waals surface area contributed by atoms with Crippen LogP contribution in [0.2, 0.25) is 0 Å². The standard InChI is InChI=1S/C17H21FN2O/c1-20(16-5-3-4-15(18)10-16)17(11-19)14-8-6-13(7-9-14)12-21-2/h3-10,17H,11-12,19H2,1-2H3. The van der Waals surface area contributed by atoms with Gasteiger partial charge in [-0.15, -0.1) is 0 Å². The molecule has 3 nitrogen and oxygen atoms in total. The van der Waals surface area contributed by atoms with Crippen molar-refractivity contribution >= 4 is 5.69 Å². The molecule has 0 spiro atoms. The van der Waals surface area contributed by atoms with Gasteiger partial charge in [-0.05, 0) is 29.3 Å². The average Bonchev–Trinajstić information content (AvgIpc) is 2.50. The van der Waals surface area contributed by atoms with Crippen LogP contribution in [0.1, 0.15) is 17.2 Å². The fourth-order valence-corrected chi connectivity index (χ4v) is 2.40. The fourth-order valence-electron chi connectivity index (χ4n) is 2.40. The van der Waals surface area contributed by atoms with E-state index in [0.29, 0.717) is 13.2 Å². The van der Waals surface area contributed by atoms with Crippen molar-refractivity contribution in [1.29, 1.82) is 0 Å². The minimum Gasteiger partial charge on any atom is -0.380 e. The van der Waals surface area contributed by atoms with E-state index in [1.807, 2.05) is 42.3 Å². The van der Waals surface area contributed by atoms with E-state index in [4.69, 9.17) is 10.5 Å². The summed E-state index contributed by atoms with van der Waals surface area (Å²) in [5.74, 6) is -0.245. The van der Waals surface area contributed by atoms with Crippen LogP contribution < -0.4 is 10.6 Å². The molecule has 0 heterocycles. The van der Waals surface area contributed by atoms with Gasteiger partial charge in [0, 0.05) is 26.4 Å². The molecule has 0 aromatic heterocycles. The predicted octanol–water partition coefficient (Wildman–Crippen LogP) is 3.11. The molecule has 2 aromatic rings. The van der Waals surface area contributed by atoms with Gasteiger partial charge in [0.25, 0.3) is 0 Å². The molecule has 21 heavy (non-hydrogen) atoms. The highest BCUT2D eigenvalue weighted by Crippen LogP contribution is 2.25. The maximum absolute atomic E-state index is 13.4. The highest BCUT2D eigenvalue weighted by atomic mass is 19.1. The summed E-state index contributed by atoms with van der Waals surface area (Å²) in [7, 11) is 3.60. The second kappa shape index (κ2) is 7.20. The van der Waals surface area contributed by atoms with Gasteiger partial charge in [0.15, 0.2) is 0 Å². The lowest BCUT2D eigenvalue weighted by Crippen LogP contribution is -2.30. The van der Waals surface area contributed by atoms with Crippen molar-refractivity contribution in [2.24, 2.45) is 5.73 Å². The number of ether oxygens (including phenoxy) is 1. The Bertz CT molecular complexity index is 571. The molecule has 0 aliphatic carbocycles. The number of likely N-dealkylation sites (N-methyl/N-ethyl adjacent to an activating group) is 1. The first-order valence-electron chi connectivity index (χ1n) is 6.92. The SMILES string of the molecule is COCc1ccc(C(CN)N(C)c2cccc(F)c2)cc1. The van der Waals surface area contributed by atoms with Crippen molar-refractivity contribution in [2.45, 2.75) is 12.6 Å². The van der Waals surface area contributed by atoms with E-state index >= 15 is 0 Å². The Kier molecular flexibility index (Phi) is 5.31. The first-order chi connectivity index (χ1) is 10.2. The van der Waals surface area contributed by atoms with Crippen molar-refractivity contribution in [3.63, 3.8) is 0 Å². The van der Waals surface area contributed by atoms with E-state index in [0.717, 1.165) is 16.8 Å². The van der Waals surface area contributed by atoms with Crippen LogP contribution in [0.15, 0.2) is 48.5 Å². The molecule has 0 saturated heterocycles. The van der Waals surface area contributed by atoms with Gasteiger partial charge >= 0.3 is 0 Å². The van der Waals surface area contributed by atoms with Crippen LogP contribution in [0.3, 0.4) is 0 Å². The predicted molar refractivity (Wildman–Crippen MR) is 83.8 cm³/mol. The molecule has 2 N–H and O–H groups in total. The van der Waals surface area contributed by atoms with Gasteiger partial charge in [0.2, 0.25) is 0 Å².